The summed E-state index contributed by atoms with van der Waals surface area (Å²) >= 11 is 0. The molecule has 12 nitrogen and oxygen atoms in total. The van der Waals surface area contributed by atoms with E-state index in [0.29, 0.717) is 46.3 Å². The molecule has 1 saturated carbocycles. The highest BCUT2D eigenvalue weighted by Gasteiger charge is 2.36. The Morgan fingerprint density at radius 1 is 1.20 bits per heavy atom. The molecule has 1 aliphatic carbocycles. The molecule has 1 amide bonds. The van der Waals surface area contributed by atoms with E-state index in [1.165, 1.54) is 19.5 Å². The number of aryl methyl sites for hydroxylation is 2. The molecule has 0 unspecified atom stereocenters. The predicted octanol–water partition coefficient (Wildman–Crippen LogP) is 3.29. The van der Waals surface area contributed by atoms with E-state index in [1.54, 1.807) is 17.0 Å². The fourth-order valence-corrected chi connectivity index (χ4v) is 5.96. The maximum atomic E-state index is 14.0. The molecule has 13 heteroatoms. The minimum atomic E-state index is -3.57. The highest BCUT2D eigenvalue weighted by atomic mass is 32.2. The number of carbonyl (C=O) groups is 1. The first-order valence-corrected chi connectivity index (χ1v) is 14.4. The largest absolute Gasteiger partial charge is 0.480 e. The molecule has 0 saturated heterocycles. The van der Waals surface area contributed by atoms with Gasteiger partial charge in [-0.15, -0.1) is 0 Å². The molecule has 40 heavy (non-hydrogen) atoms. The zero-order valence-electron chi connectivity index (χ0n) is 22.9. The van der Waals surface area contributed by atoms with E-state index in [4.69, 9.17) is 4.74 Å². The molecular formula is C27H31N7O5S. The third-order valence-corrected chi connectivity index (χ3v) is 8.77. The van der Waals surface area contributed by atoms with Crippen LogP contribution in [0.5, 0.6) is 5.88 Å². The topological polar surface area (TPSA) is 163 Å². The standard InChI is InChI=1S/C27H31N7O5S/c1-14(2)34(13-21-15(3)8-16(4)30-25(21)35)27(36)19-10-22(31-24-20(19)12-29-32-24)17-9-23(26(39-5)28-11-17)33-40(37,38)18-6-7-18/h8-12,14,18,33H,6-7,13H2,1-5H3,(H,30,35)(H,29,31,32). The molecular weight excluding hydrogens is 534 g/mol. The Balaban J connectivity index is 1.56. The Labute approximate surface area is 231 Å². The van der Waals surface area contributed by atoms with Crippen LogP contribution in [0.1, 0.15) is 53.9 Å². The first-order chi connectivity index (χ1) is 19.0. The number of fused-ring (bicyclic) bond motifs is 1. The number of sulfonamides is 1. The summed E-state index contributed by atoms with van der Waals surface area (Å²) in [6.07, 6.45) is 4.24. The number of anilines is 1. The van der Waals surface area contributed by atoms with Gasteiger partial charge in [0, 0.05) is 29.1 Å². The fraction of sp³-hybridized carbons (Fsp3) is 0.370. The molecule has 210 valence electrons. The first kappa shape index (κ1) is 27.3. The molecule has 1 fully saturated rings. The lowest BCUT2D eigenvalue weighted by Crippen LogP contribution is -2.38. The maximum Gasteiger partial charge on any atom is 0.255 e. The molecule has 4 aromatic rings. The summed E-state index contributed by atoms with van der Waals surface area (Å²) in [5.74, 6) is -0.183. The second-order valence-corrected chi connectivity index (χ2v) is 12.2. The molecule has 1 aliphatic rings. The second kappa shape index (κ2) is 10.4. The normalized spacial score (nSPS) is 13.6. The van der Waals surface area contributed by atoms with E-state index in [-0.39, 0.29) is 35.6 Å². The number of aromatic amines is 2. The Morgan fingerprint density at radius 3 is 2.60 bits per heavy atom. The van der Waals surface area contributed by atoms with Crippen LogP contribution in [0.25, 0.3) is 22.3 Å². The smallest absolute Gasteiger partial charge is 0.255 e. The third-order valence-electron chi connectivity index (χ3n) is 6.92. The van der Waals surface area contributed by atoms with Gasteiger partial charge in [-0.2, -0.15) is 5.10 Å². The summed E-state index contributed by atoms with van der Waals surface area (Å²) in [6.45, 7) is 7.55. The molecule has 0 spiro atoms. The Morgan fingerprint density at radius 2 is 1.95 bits per heavy atom. The molecule has 5 rings (SSSR count). The minimum absolute atomic E-state index is 0.117. The average molecular weight is 566 g/mol. The molecule has 0 bridgehead atoms. The lowest BCUT2D eigenvalue weighted by molar-refractivity contribution is 0.0691. The van der Waals surface area contributed by atoms with Crippen molar-refractivity contribution in [1.29, 1.82) is 0 Å². The summed E-state index contributed by atoms with van der Waals surface area (Å²) in [5.41, 5.74) is 3.58. The molecule has 0 aliphatic heterocycles. The van der Waals surface area contributed by atoms with Crippen molar-refractivity contribution in [3.63, 3.8) is 0 Å². The quantitative estimate of drug-likeness (QED) is 0.278. The number of aromatic nitrogens is 5. The van der Waals surface area contributed by atoms with Crippen LogP contribution in [0.4, 0.5) is 5.69 Å². The second-order valence-electron chi connectivity index (χ2n) is 10.3. The van der Waals surface area contributed by atoms with Crippen molar-refractivity contribution in [1.82, 2.24) is 30.0 Å². The number of nitrogens with zero attached hydrogens (tertiary/aromatic N) is 4. The zero-order chi connectivity index (χ0) is 28.8. The van der Waals surface area contributed by atoms with Gasteiger partial charge in [-0.3, -0.25) is 19.4 Å². The average Bonchev–Trinajstić information content (AvgIpc) is 3.65. The lowest BCUT2D eigenvalue weighted by atomic mass is 10.0. The van der Waals surface area contributed by atoms with Crippen LogP contribution >= 0.6 is 0 Å². The van der Waals surface area contributed by atoms with Crippen molar-refractivity contribution in [3.8, 4) is 17.1 Å². The monoisotopic (exact) mass is 565 g/mol. The van der Waals surface area contributed by atoms with Crippen molar-refractivity contribution in [2.75, 3.05) is 11.8 Å². The molecule has 0 aromatic carbocycles. The molecule has 0 atom stereocenters. The van der Waals surface area contributed by atoms with Crippen LogP contribution in [0.3, 0.4) is 0 Å². The Kier molecular flexibility index (Phi) is 7.08. The fourth-order valence-electron chi connectivity index (χ4n) is 4.59. The van der Waals surface area contributed by atoms with E-state index in [2.05, 4.69) is 29.9 Å². The minimum Gasteiger partial charge on any atom is -0.480 e. The summed E-state index contributed by atoms with van der Waals surface area (Å²) in [5, 5.41) is 6.99. The Hall–Kier alpha value is -4.26. The van der Waals surface area contributed by atoms with E-state index < -0.39 is 15.3 Å². The van der Waals surface area contributed by atoms with E-state index >= 15 is 0 Å². The summed E-state index contributed by atoms with van der Waals surface area (Å²) < 4.78 is 33.1. The van der Waals surface area contributed by atoms with Crippen LogP contribution in [-0.4, -0.2) is 62.8 Å². The molecule has 3 N–H and O–H groups in total. The number of carbonyl (C=O) groups excluding carboxylic acids is 1. The van der Waals surface area contributed by atoms with Gasteiger partial charge in [0.1, 0.15) is 5.69 Å². The molecule has 0 radical (unpaired) electrons. The van der Waals surface area contributed by atoms with Gasteiger partial charge in [0.2, 0.25) is 15.9 Å². The lowest BCUT2D eigenvalue weighted by Gasteiger charge is -2.27. The van der Waals surface area contributed by atoms with Crippen molar-refractivity contribution < 1.29 is 17.9 Å². The maximum absolute atomic E-state index is 14.0. The number of rotatable bonds is 9. The number of ether oxygens (including phenoxy) is 1. The van der Waals surface area contributed by atoms with Gasteiger partial charge in [-0.05, 0) is 64.3 Å². The highest BCUT2D eigenvalue weighted by Crippen LogP contribution is 2.34. The highest BCUT2D eigenvalue weighted by molar-refractivity contribution is 7.93. The number of hydrogen-bond acceptors (Lipinski definition) is 8. The van der Waals surface area contributed by atoms with E-state index in [0.717, 1.165) is 11.3 Å². The number of pyridine rings is 3. The summed E-state index contributed by atoms with van der Waals surface area (Å²) in [4.78, 5) is 40.1. The van der Waals surface area contributed by atoms with Gasteiger partial charge in [0.15, 0.2) is 5.65 Å². The van der Waals surface area contributed by atoms with E-state index in [1.807, 2.05) is 33.8 Å². The van der Waals surface area contributed by atoms with Crippen LogP contribution in [0.15, 0.2) is 35.4 Å². The number of methoxy groups -OCH3 is 1. The number of nitrogens with one attached hydrogen (secondary N) is 3. The number of hydrogen-bond donors (Lipinski definition) is 3. The van der Waals surface area contributed by atoms with Gasteiger partial charge in [0.25, 0.3) is 11.5 Å². The number of H-pyrrole nitrogens is 2. The third kappa shape index (κ3) is 5.28. The van der Waals surface area contributed by atoms with E-state index in [9.17, 15) is 18.0 Å². The first-order valence-electron chi connectivity index (χ1n) is 12.9. The molecule has 4 heterocycles. The van der Waals surface area contributed by atoms with Crippen LogP contribution in [0, 0.1) is 13.8 Å². The predicted molar refractivity (Wildman–Crippen MR) is 151 cm³/mol. The van der Waals surface area contributed by atoms with Crippen LogP contribution < -0.4 is 15.0 Å². The SMILES string of the molecule is COc1ncc(-c2cc(C(=O)N(Cc3c(C)cc(C)[nH]c3=O)C(C)C)c3cn[nH]c3n2)cc1NS(=O)(=O)C1CC1. The Bertz CT molecular complexity index is 1770. The summed E-state index contributed by atoms with van der Waals surface area (Å²) in [6, 6.07) is 4.87. The summed E-state index contributed by atoms with van der Waals surface area (Å²) in [7, 11) is -2.17. The number of amides is 1. The van der Waals surface area contributed by atoms with Crippen molar-refractivity contribution in [3.05, 3.63) is 63.3 Å². The van der Waals surface area contributed by atoms with Gasteiger partial charge in [-0.1, -0.05) is 0 Å². The van der Waals surface area contributed by atoms with Gasteiger partial charge in [0.05, 0.1) is 41.7 Å². The van der Waals surface area contributed by atoms with Crippen molar-refractivity contribution in [2.45, 2.75) is 58.4 Å². The van der Waals surface area contributed by atoms with Gasteiger partial charge in [-0.25, -0.2) is 18.4 Å². The van der Waals surface area contributed by atoms with Crippen molar-refractivity contribution in [2.24, 2.45) is 0 Å². The van der Waals surface area contributed by atoms with Gasteiger partial charge >= 0.3 is 0 Å². The zero-order valence-corrected chi connectivity index (χ0v) is 23.7. The molecule has 4 aromatic heterocycles. The van der Waals surface area contributed by atoms with Gasteiger partial charge < -0.3 is 14.6 Å². The van der Waals surface area contributed by atoms with Crippen molar-refractivity contribution >= 4 is 32.7 Å². The van der Waals surface area contributed by atoms with Crippen LogP contribution in [0.2, 0.25) is 0 Å². The van der Waals surface area contributed by atoms with Crippen LogP contribution in [-0.2, 0) is 16.6 Å².